The molecule has 0 radical (unpaired) electrons. The van der Waals surface area contributed by atoms with Gasteiger partial charge in [0.25, 0.3) is 5.91 Å². The summed E-state index contributed by atoms with van der Waals surface area (Å²) in [4.78, 5) is 26.6. The molecule has 0 saturated carbocycles. The van der Waals surface area contributed by atoms with Crippen LogP contribution in [-0.4, -0.2) is 16.8 Å². The third-order valence-electron chi connectivity index (χ3n) is 4.01. The third-order valence-corrected chi connectivity index (χ3v) is 4.01. The molecule has 128 valence electrons. The zero-order valence-corrected chi connectivity index (χ0v) is 14.0. The Morgan fingerprint density at radius 3 is 2.52 bits per heavy atom. The first-order chi connectivity index (χ1) is 12.0. The van der Waals surface area contributed by atoms with Crippen molar-refractivity contribution in [3.63, 3.8) is 0 Å². The average Bonchev–Trinajstić information content (AvgIpc) is 2.59. The number of carbonyl (C=O) groups is 1. The number of hydrogen-bond donors (Lipinski definition) is 0. The highest BCUT2D eigenvalue weighted by atomic mass is 19.1. The molecule has 1 aromatic heterocycles. The standard InChI is InChI=1S/C20H18FNO3/c1-13(2)22(12-14-6-4-3-5-7-14)19(23)18-11-15-10-16(21)8-9-17(15)20(24)25-18/h3-11,13H,12H2,1-2H3. The van der Waals surface area contributed by atoms with Gasteiger partial charge in [-0.3, -0.25) is 4.79 Å². The lowest BCUT2D eigenvalue weighted by Crippen LogP contribution is -2.36. The minimum atomic E-state index is -0.649. The number of fused-ring (bicyclic) bond motifs is 1. The predicted octanol–water partition coefficient (Wildman–Crippen LogP) is 3.98. The van der Waals surface area contributed by atoms with E-state index in [0.29, 0.717) is 11.9 Å². The second kappa shape index (κ2) is 6.89. The van der Waals surface area contributed by atoms with Crippen molar-refractivity contribution in [2.75, 3.05) is 0 Å². The van der Waals surface area contributed by atoms with Gasteiger partial charge in [-0.05, 0) is 49.1 Å². The van der Waals surface area contributed by atoms with Gasteiger partial charge in [0, 0.05) is 12.6 Å². The summed E-state index contributed by atoms with van der Waals surface area (Å²) in [7, 11) is 0. The van der Waals surface area contributed by atoms with E-state index in [4.69, 9.17) is 4.42 Å². The van der Waals surface area contributed by atoms with E-state index in [1.807, 2.05) is 44.2 Å². The molecule has 0 aliphatic heterocycles. The number of amides is 1. The fourth-order valence-corrected chi connectivity index (χ4v) is 2.68. The Balaban J connectivity index is 1.99. The highest BCUT2D eigenvalue weighted by molar-refractivity contribution is 5.95. The number of benzene rings is 2. The topological polar surface area (TPSA) is 50.5 Å². The molecule has 1 amide bonds. The zero-order chi connectivity index (χ0) is 18.0. The first-order valence-electron chi connectivity index (χ1n) is 8.04. The quantitative estimate of drug-likeness (QED) is 0.722. The van der Waals surface area contributed by atoms with Crippen LogP contribution in [0.5, 0.6) is 0 Å². The summed E-state index contributed by atoms with van der Waals surface area (Å²) in [5.41, 5.74) is 0.322. The lowest BCUT2D eigenvalue weighted by Gasteiger charge is -2.26. The lowest BCUT2D eigenvalue weighted by atomic mass is 10.1. The molecule has 0 aliphatic rings. The molecule has 0 spiro atoms. The van der Waals surface area contributed by atoms with Gasteiger partial charge < -0.3 is 9.32 Å². The van der Waals surface area contributed by atoms with Crippen LogP contribution in [0.3, 0.4) is 0 Å². The second-order valence-corrected chi connectivity index (χ2v) is 6.14. The largest absolute Gasteiger partial charge is 0.417 e. The van der Waals surface area contributed by atoms with Crippen molar-refractivity contribution >= 4 is 16.7 Å². The molecule has 0 N–H and O–H groups in total. The summed E-state index contributed by atoms with van der Waals surface area (Å²) in [5, 5.41) is 0.597. The maximum Gasteiger partial charge on any atom is 0.344 e. The number of hydrogen-bond acceptors (Lipinski definition) is 3. The van der Waals surface area contributed by atoms with Gasteiger partial charge in [-0.1, -0.05) is 30.3 Å². The molecule has 5 heteroatoms. The molecular formula is C20H18FNO3. The predicted molar refractivity (Wildman–Crippen MR) is 93.9 cm³/mol. The summed E-state index contributed by atoms with van der Waals surface area (Å²) in [6, 6.07) is 14.6. The van der Waals surface area contributed by atoms with Crippen LogP contribution < -0.4 is 5.63 Å². The van der Waals surface area contributed by atoms with Crippen LogP contribution in [0.25, 0.3) is 10.8 Å². The van der Waals surface area contributed by atoms with Crippen LogP contribution in [0.15, 0.2) is 63.8 Å². The molecule has 0 fully saturated rings. The number of nitrogens with zero attached hydrogens (tertiary/aromatic N) is 1. The first-order valence-corrected chi connectivity index (χ1v) is 8.04. The third kappa shape index (κ3) is 3.60. The van der Waals surface area contributed by atoms with Gasteiger partial charge in [0.05, 0.1) is 5.39 Å². The Labute approximate surface area is 144 Å². The molecule has 0 bridgehead atoms. The number of halogens is 1. The summed E-state index contributed by atoms with van der Waals surface area (Å²) >= 11 is 0. The maximum atomic E-state index is 13.4. The molecular weight excluding hydrogens is 321 g/mol. The maximum absolute atomic E-state index is 13.4. The van der Waals surface area contributed by atoms with Crippen molar-refractivity contribution in [1.29, 1.82) is 0 Å². The molecule has 0 saturated heterocycles. The Morgan fingerprint density at radius 2 is 1.84 bits per heavy atom. The number of carbonyl (C=O) groups excluding carboxylic acids is 1. The van der Waals surface area contributed by atoms with Crippen molar-refractivity contribution in [3.8, 4) is 0 Å². The molecule has 0 atom stereocenters. The van der Waals surface area contributed by atoms with Gasteiger partial charge in [0.2, 0.25) is 0 Å². The summed E-state index contributed by atoms with van der Waals surface area (Å²) in [6.45, 7) is 4.17. The Morgan fingerprint density at radius 1 is 1.12 bits per heavy atom. The van der Waals surface area contributed by atoms with E-state index in [2.05, 4.69) is 0 Å². The summed E-state index contributed by atoms with van der Waals surface area (Å²) in [5.74, 6) is -0.962. The lowest BCUT2D eigenvalue weighted by molar-refractivity contribution is 0.0653. The average molecular weight is 339 g/mol. The molecule has 3 aromatic rings. The molecule has 4 nitrogen and oxygen atoms in total. The highest BCUT2D eigenvalue weighted by Crippen LogP contribution is 2.17. The smallest absolute Gasteiger partial charge is 0.344 e. The van der Waals surface area contributed by atoms with Gasteiger partial charge in [-0.15, -0.1) is 0 Å². The van der Waals surface area contributed by atoms with Gasteiger partial charge in [0.15, 0.2) is 5.76 Å². The summed E-state index contributed by atoms with van der Waals surface area (Å²) in [6.07, 6.45) is 0. The molecule has 0 aliphatic carbocycles. The van der Waals surface area contributed by atoms with Crippen LogP contribution in [0.2, 0.25) is 0 Å². The van der Waals surface area contributed by atoms with E-state index in [1.165, 1.54) is 24.3 Å². The minimum absolute atomic E-state index is 0.0901. The van der Waals surface area contributed by atoms with Crippen LogP contribution in [-0.2, 0) is 6.54 Å². The monoisotopic (exact) mass is 339 g/mol. The Kier molecular flexibility index (Phi) is 4.65. The Bertz CT molecular complexity index is 964. The van der Waals surface area contributed by atoms with Gasteiger partial charge in [0.1, 0.15) is 5.82 Å². The van der Waals surface area contributed by atoms with Crippen LogP contribution in [0.4, 0.5) is 4.39 Å². The van der Waals surface area contributed by atoms with E-state index in [1.54, 1.807) is 4.90 Å². The van der Waals surface area contributed by atoms with E-state index >= 15 is 0 Å². The fourth-order valence-electron chi connectivity index (χ4n) is 2.68. The Hall–Kier alpha value is -2.95. The van der Waals surface area contributed by atoms with Crippen LogP contribution in [0, 0.1) is 5.82 Å². The SMILES string of the molecule is CC(C)N(Cc1ccccc1)C(=O)c1cc2cc(F)ccc2c(=O)o1. The highest BCUT2D eigenvalue weighted by Gasteiger charge is 2.22. The van der Waals surface area contributed by atoms with Crippen LogP contribution >= 0.6 is 0 Å². The fraction of sp³-hybridized carbons (Fsp3) is 0.200. The molecule has 25 heavy (non-hydrogen) atoms. The van der Waals surface area contributed by atoms with Crippen molar-refractivity contribution in [3.05, 3.63) is 82.2 Å². The second-order valence-electron chi connectivity index (χ2n) is 6.14. The van der Waals surface area contributed by atoms with Crippen molar-refractivity contribution in [2.45, 2.75) is 26.4 Å². The van der Waals surface area contributed by atoms with E-state index in [9.17, 15) is 14.0 Å². The molecule has 2 aromatic carbocycles. The van der Waals surface area contributed by atoms with E-state index in [-0.39, 0.29) is 17.2 Å². The minimum Gasteiger partial charge on any atom is -0.417 e. The molecule has 0 unspecified atom stereocenters. The zero-order valence-electron chi connectivity index (χ0n) is 14.0. The normalized spacial score (nSPS) is 11.0. The van der Waals surface area contributed by atoms with E-state index < -0.39 is 17.3 Å². The van der Waals surface area contributed by atoms with Gasteiger partial charge in [-0.2, -0.15) is 0 Å². The first kappa shape index (κ1) is 16.9. The molecule has 3 rings (SSSR count). The van der Waals surface area contributed by atoms with E-state index in [0.717, 1.165) is 5.56 Å². The van der Waals surface area contributed by atoms with Crippen molar-refractivity contribution in [2.24, 2.45) is 0 Å². The number of rotatable bonds is 4. The van der Waals surface area contributed by atoms with Gasteiger partial charge in [-0.25, -0.2) is 9.18 Å². The molecule has 1 heterocycles. The van der Waals surface area contributed by atoms with Gasteiger partial charge >= 0.3 is 5.63 Å². The summed E-state index contributed by atoms with van der Waals surface area (Å²) < 4.78 is 18.6. The van der Waals surface area contributed by atoms with Crippen molar-refractivity contribution < 1.29 is 13.6 Å². The van der Waals surface area contributed by atoms with Crippen molar-refractivity contribution in [1.82, 2.24) is 4.90 Å². The van der Waals surface area contributed by atoms with Crippen LogP contribution in [0.1, 0.15) is 30.0 Å².